The van der Waals surface area contributed by atoms with Gasteiger partial charge in [0.25, 0.3) is 0 Å². The number of methoxy groups -OCH3 is 1. The van der Waals surface area contributed by atoms with Gasteiger partial charge in [-0.2, -0.15) is 0 Å². The molecule has 1 aliphatic carbocycles. The van der Waals surface area contributed by atoms with Crippen LogP contribution in [-0.4, -0.2) is 23.3 Å². The SMILES string of the molecule is COCCn1c2c(c(=S)[nH]c1=O)CCC2. The molecule has 2 rings (SSSR count). The number of H-pyrrole nitrogens is 1. The van der Waals surface area contributed by atoms with Gasteiger partial charge in [0.15, 0.2) is 0 Å². The van der Waals surface area contributed by atoms with Crippen molar-refractivity contribution >= 4 is 12.2 Å². The zero-order valence-electron chi connectivity index (χ0n) is 8.71. The van der Waals surface area contributed by atoms with Gasteiger partial charge in [-0.15, -0.1) is 0 Å². The van der Waals surface area contributed by atoms with Crippen LogP contribution in [0.5, 0.6) is 0 Å². The smallest absolute Gasteiger partial charge is 0.326 e. The number of nitrogens with zero attached hydrogens (tertiary/aromatic N) is 1. The molecule has 0 aromatic carbocycles. The summed E-state index contributed by atoms with van der Waals surface area (Å²) in [6.45, 7) is 1.15. The lowest BCUT2D eigenvalue weighted by atomic mass is 10.2. The number of rotatable bonds is 3. The van der Waals surface area contributed by atoms with Crippen molar-refractivity contribution in [1.29, 1.82) is 0 Å². The number of hydrogen-bond acceptors (Lipinski definition) is 3. The van der Waals surface area contributed by atoms with Gasteiger partial charge in [0.2, 0.25) is 0 Å². The van der Waals surface area contributed by atoms with Crippen LogP contribution in [0.25, 0.3) is 0 Å². The molecule has 5 heteroatoms. The van der Waals surface area contributed by atoms with Gasteiger partial charge < -0.3 is 4.74 Å². The summed E-state index contributed by atoms with van der Waals surface area (Å²) in [5.41, 5.74) is 2.12. The molecule has 4 nitrogen and oxygen atoms in total. The molecular weight excluding hydrogens is 212 g/mol. The highest BCUT2D eigenvalue weighted by molar-refractivity contribution is 7.71. The third kappa shape index (κ3) is 1.89. The van der Waals surface area contributed by atoms with Crippen LogP contribution in [0.3, 0.4) is 0 Å². The first-order valence-corrected chi connectivity index (χ1v) is 5.48. The lowest BCUT2D eigenvalue weighted by Crippen LogP contribution is -2.28. The minimum atomic E-state index is -0.113. The van der Waals surface area contributed by atoms with Gasteiger partial charge in [0.1, 0.15) is 4.64 Å². The Hall–Kier alpha value is -0.940. The number of fused-ring (bicyclic) bond motifs is 1. The maximum Gasteiger partial charge on any atom is 0.326 e. The Morgan fingerprint density at radius 1 is 1.53 bits per heavy atom. The van der Waals surface area contributed by atoms with E-state index in [0.29, 0.717) is 17.8 Å². The zero-order valence-corrected chi connectivity index (χ0v) is 9.52. The molecule has 0 unspecified atom stereocenters. The molecule has 1 N–H and O–H groups in total. The van der Waals surface area contributed by atoms with E-state index in [1.165, 1.54) is 0 Å². The summed E-state index contributed by atoms with van der Waals surface area (Å²) in [5, 5.41) is 0. The van der Waals surface area contributed by atoms with Crippen molar-refractivity contribution in [3.8, 4) is 0 Å². The molecule has 0 atom stereocenters. The predicted octanol–water partition coefficient (Wildman–Crippen LogP) is 1.04. The monoisotopic (exact) mass is 226 g/mol. The van der Waals surface area contributed by atoms with Crippen molar-refractivity contribution in [3.05, 3.63) is 26.4 Å². The van der Waals surface area contributed by atoms with Gasteiger partial charge in [0.05, 0.1) is 13.2 Å². The van der Waals surface area contributed by atoms with E-state index in [9.17, 15) is 4.79 Å². The first-order chi connectivity index (χ1) is 7.24. The highest BCUT2D eigenvalue weighted by Gasteiger charge is 2.17. The van der Waals surface area contributed by atoms with Crippen molar-refractivity contribution in [2.24, 2.45) is 0 Å². The highest BCUT2D eigenvalue weighted by Crippen LogP contribution is 2.20. The Morgan fingerprint density at radius 2 is 2.33 bits per heavy atom. The average Bonchev–Trinajstić information content (AvgIpc) is 2.66. The van der Waals surface area contributed by atoms with Crippen LogP contribution in [0.2, 0.25) is 0 Å². The van der Waals surface area contributed by atoms with Crippen LogP contribution in [0.15, 0.2) is 4.79 Å². The quantitative estimate of drug-likeness (QED) is 0.783. The molecule has 0 saturated carbocycles. The normalized spacial score (nSPS) is 14.2. The van der Waals surface area contributed by atoms with Gasteiger partial charge in [0, 0.05) is 18.4 Å². The molecule has 0 spiro atoms. The summed E-state index contributed by atoms with van der Waals surface area (Å²) in [4.78, 5) is 14.4. The van der Waals surface area contributed by atoms with Crippen molar-refractivity contribution in [3.63, 3.8) is 0 Å². The molecule has 82 valence electrons. The Balaban J connectivity index is 2.50. The van der Waals surface area contributed by atoms with E-state index in [1.54, 1.807) is 11.7 Å². The van der Waals surface area contributed by atoms with E-state index >= 15 is 0 Å². The van der Waals surface area contributed by atoms with Crippen LogP contribution in [0.1, 0.15) is 17.7 Å². The molecule has 0 radical (unpaired) electrons. The maximum absolute atomic E-state index is 11.7. The molecule has 0 fully saturated rings. The van der Waals surface area contributed by atoms with E-state index < -0.39 is 0 Å². The lowest BCUT2D eigenvalue weighted by molar-refractivity contribution is 0.185. The fourth-order valence-electron chi connectivity index (χ4n) is 2.05. The Bertz CT molecular complexity index is 475. The summed E-state index contributed by atoms with van der Waals surface area (Å²) < 4.78 is 7.35. The molecule has 0 bridgehead atoms. The third-order valence-electron chi connectivity index (χ3n) is 2.77. The van der Waals surface area contributed by atoms with Crippen LogP contribution in [-0.2, 0) is 24.1 Å². The van der Waals surface area contributed by atoms with Crippen LogP contribution in [0.4, 0.5) is 0 Å². The predicted molar refractivity (Wildman–Crippen MR) is 59.8 cm³/mol. The maximum atomic E-state index is 11.7. The first-order valence-electron chi connectivity index (χ1n) is 5.08. The van der Waals surface area contributed by atoms with E-state index in [0.717, 1.165) is 30.5 Å². The van der Waals surface area contributed by atoms with E-state index in [1.807, 2.05) is 0 Å². The molecule has 1 aromatic heterocycles. The second kappa shape index (κ2) is 4.28. The second-order valence-electron chi connectivity index (χ2n) is 3.68. The number of ether oxygens (including phenoxy) is 1. The zero-order chi connectivity index (χ0) is 10.8. The van der Waals surface area contributed by atoms with Crippen LogP contribution in [0, 0.1) is 4.64 Å². The Labute approximate surface area is 92.9 Å². The second-order valence-corrected chi connectivity index (χ2v) is 4.09. The summed E-state index contributed by atoms with van der Waals surface area (Å²) >= 11 is 5.14. The molecule has 1 heterocycles. The molecule has 0 amide bonds. The fraction of sp³-hybridized carbons (Fsp3) is 0.600. The van der Waals surface area contributed by atoms with E-state index in [4.69, 9.17) is 17.0 Å². The minimum absolute atomic E-state index is 0.113. The van der Waals surface area contributed by atoms with Crippen molar-refractivity contribution < 1.29 is 4.74 Å². The highest BCUT2D eigenvalue weighted by atomic mass is 32.1. The fourth-order valence-corrected chi connectivity index (χ4v) is 2.36. The number of hydrogen-bond donors (Lipinski definition) is 1. The van der Waals surface area contributed by atoms with Crippen molar-refractivity contribution in [2.45, 2.75) is 25.8 Å². The van der Waals surface area contributed by atoms with Gasteiger partial charge in [-0.05, 0) is 19.3 Å². The summed E-state index contributed by atoms with van der Waals surface area (Å²) in [7, 11) is 1.64. The number of nitrogens with one attached hydrogen (secondary N) is 1. The van der Waals surface area contributed by atoms with Gasteiger partial charge in [-0.3, -0.25) is 9.55 Å². The Morgan fingerprint density at radius 3 is 3.07 bits per heavy atom. The van der Waals surface area contributed by atoms with Gasteiger partial charge >= 0.3 is 5.69 Å². The molecule has 1 aliphatic rings. The average molecular weight is 226 g/mol. The van der Waals surface area contributed by atoms with E-state index in [-0.39, 0.29) is 5.69 Å². The summed E-state index contributed by atoms with van der Waals surface area (Å²) in [6.07, 6.45) is 3.02. The molecule has 0 aliphatic heterocycles. The first kappa shape index (κ1) is 10.6. The molecule has 1 aromatic rings. The number of aromatic nitrogens is 2. The van der Waals surface area contributed by atoms with E-state index in [2.05, 4.69) is 4.98 Å². The van der Waals surface area contributed by atoms with Gasteiger partial charge in [-0.1, -0.05) is 12.2 Å². The third-order valence-corrected chi connectivity index (χ3v) is 3.12. The summed E-state index contributed by atoms with van der Waals surface area (Å²) in [6, 6.07) is 0. The van der Waals surface area contributed by atoms with Crippen molar-refractivity contribution in [2.75, 3.05) is 13.7 Å². The van der Waals surface area contributed by atoms with Gasteiger partial charge in [-0.25, -0.2) is 4.79 Å². The Kier molecular flexibility index (Phi) is 3.02. The lowest BCUT2D eigenvalue weighted by Gasteiger charge is -2.10. The topological polar surface area (TPSA) is 47.0 Å². The van der Waals surface area contributed by atoms with Crippen LogP contribution >= 0.6 is 12.2 Å². The minimum Gasteiger partial charge on any atom is -0.383 e. The molecule has 15 heavy (non-hydrogen) atoms. The molecule has 0 saturated heterocycles. The summed E-state index contributed by atoms with van der Waals surface area (Å²) in [5.74, 6) is 0. The number of aromatic amines is 1. The van der Waals surface area contributed by atoms with Crippen LogP contribution < -0.4 is 5.69 Å². The molecular formula is C10H14N2O2S. The van der Waals surface area contributed by atoms with Crippen molar-refractivity contribution in [1.82, 2.24) is 9.55 Å². The largest absolute Gasteiger partial charge is 0.383 e. The standard InChI is InChI=1S/C10H14N2O2S/c1-14-6-5-12-8-4-2-3-7(8)9(15)11-10(12)13/h2-6H2,1H3,(H,11,13,15).